The second kappa shape index (κ2) is 8.20. The molecule has 1 aromatic carbocycles. The number of pyridine rings is 1. The van der Waals surface area contributed by atoms with Gasteiger partial charge in [-0.05, 0) is 67.5 Å². The predicted octanol–water partition coefficient (Wildman–Crippen LogP) is 4.39. The molecule has 144 valence electrons. The summed E-state index contributed by atoms with van der Waals surface area (Å²) in [7, 11) is 0. The van der Waals surface area contributed by atoms with E-state index in [0.29, 0.717) is 17.9 Å². The molecule has 3 rings (SSSR count). The Morgan fingerprint density at radius 3 is 2.68 bits per heavy atom. The second-order valence-corrected chi connectivity index (χ2v) is 8.66. The third-order valence-electron chi connectivity index (χ3n) is 4.74. The van der Waals surface area contributed by atoms with Gasteiger partial charge in [0.1, 0.15) is 11.5 Å². The number of nitrogens with zero attached hydrogens (tertiary/aromatic N) is 1. The van der Waals surface area contributed by atoms with E-state index >= 15 is 0 Å². The van der Waals surface area contributed by atoms with Gasteiger partial charge in [-0.1, -0.05) is 19.8 Å². The van der Waals surface area contributed by atoms with Crippen molar-refractivity contribution in [2.45, 2.75) is 49.7 Å². The van der Waals surface area contributed by atoms with Gasteiger partial charge in [-0.15, -0.1) is 11.8 Å². The molecular weight excluding hydrogens is 370 g/mol. The number of fused-ring (bicyclic) bond motifs is 1. The van der Waals surface area contributed by atoms with Gasteiger partial charge < -0.3 is 4.74 Å². The average Bonchev–Trinajstić information content (AvgIpc) is 2.66. The summed E-state index contributed by atoms with van der Waals surface area (Å²) in [5.74, 6) is 6.04. The van der Waals surface area contributed by atoms with Gasteiger partial charge in [-0.25, -0.2) is 9.78 Å². The van der Waals surface area contributed by atoms with Crippen LogP contribution in [0.5, 0.6) is 0 Å². The Kier molecular flexibility index (Phi) is 5.90. The molecule has 28 heavy (non-hydrogen) atoms. The maximum absolute atomic E-state index is 11.8. The van der Waals surface area contributed by atoms with Gasteiger partial charge in [0.15, 0.2) is 0 Å². The van der Waals surface area contributed by atoms with E-state index in [1.165, 1.54) is 11.8 Å². The Labute approximate surface area is 170 Å². The zero-order valence-corrected chi connectivity index (χ0v) is 17.4. The van der Waals surface area contributed by atoms with Crippen LogP contribution in [0.15, 0.2) is 41.4 Å². The summed E-state index contributed by atoms with van der Waals surface area (Å²) in [4.78, 5) is 28.9. The minimum atomic E-state index is -0.382. The molecule has 1 unspecified atom stereocenters. The normalized spacial score (nSPS) is 17.1. The highest BCUT2D eigenvalue weighted by atomic mass is 32.2. The SMILES string of the molecule is CCOC(=O)c1ccc(C#Cc2ccc3c(c2)C(C)(C)CC(C(C)=O)S3)nc1. The molecule has 1 aromatic heterocycles. The van der Waals surface area contributed by atoms with Crippen molar-refractivity contribution in [3.63, 3.8) is 0 Å². The molecule has 0 N–H and O–H groups in total. The summed E-state index contributed by atoms with van der Waals surface area (Å²) in [6, 6.07) is 9.53. The van der Waals surface area contributed by atoms with Gasteiger partial charge in [0.2, 0.25) is 0 Å². The summed E-state index contributed by atoms with van der Waals surface area (Å²) in [5, 5.41) is 0.0153. The van der Waals surface area contributed by atoms with Crippen LogP contribution >= 0.6 is 11.8 Å². The standard InChI is InChI=1S/C23H23NO3S/c1-5-27-22(26)17-8-10-18(24-14-17)9-6-16-7-11-20-19(12-16)23(3,4)13-21(28-20)15(2)25/h7-8,10-12,14,21H,5,13H2,1-4H3. The minimum Gasteiger partial charge on any atom is -0.462 e. The maximum Gasteiger partial charge on any atom is 0.339 e. The molecule has 0 fully saturated rings. The number of hydrogen-bond acceptors (Lipinski definition) is 5. The topological polar surface area (TPSA) is 56.3 Å². The molecule has 0 amide bonds. The minimum absolute atomic E-state index is 0.0153. The highest BCUT2D eigenvalue weighted by Crippen LogP contribution is 2.45. The zero-order chi connectivity index (χ0) is 20.3. The molecule has 4 nitrogen and oxygen atoms in total. The fourth-order valence-electron chi connectivity index (χ4n) is 3.17. The van der Waals surface area contributed by atoms with Crippen LogP contribution in [0.25, 0.3) is 0 Å². The van der Waals surface area contributed by atoms with Crippen molar-refractivity contribution in [3.05, 3.63) is 58.9 Å². The molecular formula is C23H23NO3S. The molecule has 2 aromatic rings. The van der Waals surface area contributed by atoms with Crippen molar-refractivity contribution in [2.75, 3.05) is 6.61 Å². The highest BCUT2D eigenvalue weighted by Gasteiger charge is 2.35. The third-order valence-corrected chi connectivity index (χ3v) is 6.13. The lowest BCUT2D eigenvalue weighted by Gasteiger charge is -2.36. The lowest BCUT2D eigenvalue weighted by atomic mass is 9.79. The van der Waals surface area contributed by atoms with Crippen molar-refractivity contribution in [1.29, 1.82) is 0 Å². The molecule has 0 saturated carbocycles. The van der Waals surface area contributed by atoms with Gasteiger partial charge in [0.05, 0.1) is 17.4 Å². The Balaban J connectivity index is 1.82. The first-order chi connectivity index (χ1) is 13.3. The number of Topliss-reactive ketones (excluding diaryl/α,β-unsaturated/α-hetero) is 1. The molecule has 0 spiro atoms. The summed E-state index contributed by atoms with van der Waals surface area (Å²) in [5.41, 5.74) is 3.07. The van der Waals surface area contributed by atoms with Crippen LogP contribution in [0.4, 0.5) is 0 Å². The predicted molar refractivity (Wildman–Crippen MR) is 111 cm³/mol. The Morgan fingerprint density at radius 2 is 2.04 bits per heavy atom. The van der Waals surface area contributed by atoms with Crippen LogP contribution in [0.1, 0.15) is 61.3 Å². The third kappa shape index (κ3) is 4.45. The number of rotatable bonds is 3. The van der Waals surface area contributed by atoms with E-state index in [0.717, 1.165) is 16.9 Å². The van der Waals surface area contributed by atoms with Gasteiger partial charge in [-0.3, -0.25) is 4.79 Å². The first-order valence-electron chi connectivity index (χ1n) is 9.27. The van der Waals surface area contributed by atoms with Crippen LogP contribution in [0, 0.1) is 11.8 Å². The number of esters is 1. The average molecular weight is 394 g/mol. The number of ketones is 1. The second-order valence-electron chi connectivity index (χ2n) is 7.42. The number of carbonyl (C=O) groups excluding carboxylic acids is 2. The van der Waals surface area contributed by atoms with Gasteiger partial charge >= 0.3 is 5.97 Å². The zero-order valence-electron chi connectivity index (χ0n) is 16.5. The van der Waals surface area contributed by atoms with E-state index in [1.807, 2.05) is 6.07 Å². The number of aromatic nitrogens is 1. The van der Waals surface area contributed by atoms with Crippen molar-refractivity contribution < 1.29 is 14.3 Å². The number of thioether (sulfide) groups is 1. The van der Waals surface area contributed by atoms with E-state index in [9.17, 15) is 9.59 Å². The first-order valence-corrected chi connectivity index (χ1v) is 10.1. The van der Waals surface area contributed by atoms with E-state index in [4.69, 9.17) is 4.74 Å². The molecule has 1 aliphatic rings. The number of hydrogen-bond donors (Lipinski definition) is 0. The van der Waals surface area contributed by atoms with Crippen molar-refractivity contribution in [3.8, 4) is 11.8 Å². The van der Waals surface area contributed by atoms with E-state index in [2.05, 4.69) is 42.8 Å². The quantitative estimate of drug-likeness (QED) is 0.572. The van der Waals surface area contributed by atoms with Crippen LogP contribution < -0.4 is 0 Å². The molecule has 0 radical (unpaired) electrons. The molecule has 1 aliphatic heterocycles. The Morgan fingerprint density at radius 1 is 1.25 bits per heavy atom. The van der Waals surface area contributed by atoms with Crippen molar-refractivity contribution in [2.24, 2.45) is 0 Å². The fraction of sp³-hybridized carbons (Fsp3) is 0.348. The summed E-state index contributed by atoms with van der Waals surface area (Å²) in [6.45, 7) is 8.12. The van der Waals surface area contributed by atoms with Gasteiger partial charge in [-0.2, -0.15) is 0 Å². The van der Waals surface area contributed by atoms with Gasteiger partial charge in [0, 0.05) is 16.7 Å². The Hall–Kier alpha value is -2.58. The maximum atomic E-state index is 11.8. The monoisotopic (exact) mass is 393 g/mol. The summed E-state index contributed by atoms with van der Waals surface area (Å²) >= 11 is 1.64. The van der Waals surface area contributed by atoms with E-state index in [-0.39, 0.29) is 22.4 Å². The van der Waals surface area contributed by atoms with Crippen LogP contribution in [-0.4, -0.2) is 28.6 Å². The smallest absolute Gasteiger partial charge is 0.339 e. The number of benzene rings is 1. The number of carbonyl (C=O) groups is 2. The lowest BCUT2D eigenvalue weighted by Crippen LogP contribution is -2.31. The lowest BCUT2D eigenvalue weighted by molar-refractivity contribution is -0.116. The van der Waals surface area contributed by atoms with E-state index < -0.39 is 0 Å². The van der Waals surface area contributed by atoms with Crippen molar-refractivity contribution in [1.82, 2.24) is 4.98 Å². The van der Waals surface area contributed by atoms with Crippen LogP contribution in [0.3, 0.4) is 0 Å². The van der Waals surface area contributed by atoms with Crippen LogP contribution in [-0.2, 0) is 14.9 Å². The number of ether oxygens (including phenoxy) is 1. The fourth-order valence-corrected chi connectivity index (χ4v) is 4.75. The molecule has 0 bridgehead atoms. The first kappa shape index (κ1) is 20.2. The summed E-state index contributed by atoms with van der Waals surface area (Å²) in [6.07, 6.45) is 2.31. The molecule has 0 saturated heterocycles. The van der Waals surface area contributed by atoms with Crippen LogP contribution in [0.2, 0.25) is 0 Å². The molecule has 0 aliphatic carbocycles. The largest absolute Gasteiger partial charge is 0.462 e. The summed E-state index contributed by atoms with van der Waals surface area (Å²) < 4.78 is 4.95. The van der Waals surface area contributed by atoms with E-state index in [1.54, 1.807) is 37.7 Å². The van der Waals surface area contributed by atoms with Gasteiger partial charge in [0.25, 0.3) is 0 Å². The molecule has 5 heteroatoms. The van der Waals surface area contributed by atoms with Crippen molar-refractivity contribution >= 4 is 23.5 Å². The molecule has 2 heterocycles. The Bertz CT molecular complexity index is 968. The molecule has 1 atom stereocenters. The highest BCUT2D eigenvalue weighted by molar-refractivity contribution is 8.00.